The standard InChI is InChI=1S/C13H23NO2/c1-10(12-8-5-9-16-12)14-13(15)11-6-3-2-4-7-11/h10-12H,2-9H2,1H3,(H,14,15)/t10-,12-/m0/s1. The number of rotatable bonds is 3. The summed E-state index contributed by atoms with van der Waals surface area (Å²) in [5.74, 6) is 0.514. The summed E-state index contributed by atoms with van der Waals surface area (Å²) in [7, 11) is 0. The maximum Gasteiger partial charge on any atom is 0.223 e. The number of hydrogen-bond donors (Lipinski definition) is 1. The molecule has 1 aliphatic heterocycles. The zero-order valence-corrected chi connectivity index (χ0v) is 10.2. The van der Waals surface area contributed by atoms with Gasteiger partial charge in [0.2, 0.25) is 5.91 Å². The third-order valence-electron chi connectivity index (χ3n) is 3.87. The molecule has 1 heterocycles. The van der Waals surface area contributed by atoms with E-state index in [1.54, 1.807) is 0 Å². The summed E-state index contributed by atoms with van der Waals surface area (Å²) < 4.78 is 5.59. The van der Waals surface area contributed by atoms with Crippen LogP contribution in [0.2, 0.25) is 0 Å². The third kappa shape index (κ3) is 2.97. The molecule has 1 saturated carbocycles. The summed E-state index contributed by atoms with van der Waals surface area (Å²) in [6.07, 6.45) is 8.34. The maximum absolute atomic E-state index is 12.0. The van der Waals surface area contributed by atoms with Gasteiger partial charge in [0.15, 0.2) is 0 Å². The lowest BCUT2D eigenvalue weighted by Gasteiger charge is -2.25. The van der Waals surface area contributed by atoms with Crippen molar-refractivity contribution in [1.29, 1.82) is 0 Å². The van der Waals surface area contributed by atoms with Gasteiger partial charge in [-0.1, -0.05) is 19.3 Å². The highest BCUT2D eigenvalue weighted by Gasteiger charge is 2.27. The van der Waals surface area contributed by atoms with E-state index >= 15 is 0 Å². The third-order valence-corrected chi connectivity index (χ3v) is 3.87. The quantitative estimate of drug-likeness (QED) is 0.800. The number of hydrogen-bond acceptors (Lipinski definition) is 2. The van der Waals surface area contributed by atoms with E-state index in [1.165, 1.54) is 19.3 Å². The Balaban J connectivity index is 1.76. The second-order valence-electron chi connectivity index (χ2n) is 5.18. The van der Waals surface area contributed by atoms with Crippen molar-refractivity contribution in [3.05, 3.63) is 0 Å². The molecule has 2 fully saturated rings. The highest BCUT2D eigenvalue weighted by atomic mass is 16.5. The van der Waals surface area contributed by atoms with E-state index in [4.69, 9.17) is 4.74 Å². The lowest BCUT2D eigenvalue weighted by molar-refractivity contribution is -0.127. The normalized spacial score (nSPS) is 28.9. The monoisotopic (exact) mass is 225 g/mol. The van der Waals surface area contributed by atoms with Gasteiger partial charge in [-0.05, 0) is 32.6 Å². The molecule has 2 rings (SSSR count). The Morgan fingerprint density at radius 1 is 1.19 bits per heavy atom. The molecule has 0 spiro atoms. The van der Waals surface area contributed by atoms with Crippen molar-refractivity contribution in [3.8, 4) is 0 Å². The van der Waals surface area contributed by atoms with Gasteiger partial charge in [-0.3, -0.25) is 4.79 Å². The number of carbonyl (C=O) groups is 1. The van der Waals surface area contributed by atoms with Crippen molar-refractivity contribution >= 4 is 5.91 Å². The molecule has 0 radical (unpaired) electrons. The fraction of sp³-hybridized carbons (Fsp3) is 0.923. The Labute approximate surface area is 97.9 Å². The molecule has 16 heavy (non-hydrogen) atoms. The van der Waals surface area contributed by atoms with Gasteiger partial charge >= 0.3 is 0 Å². The predicted molar refractivity (Wildman–Crippen MR) is 63.2 cm³/mol. The molecule has 2 aliphatic rings. The topological polar surface area (TPSA) is 38.3 Å². The smallest absolute Gasteiger partial charge is 0.223 e. The van der Waals surface area contributed by atoms with Gasteiger partial charge in [0.05, 0.1) is 12.1 Å². The first-order valence-corrected chi connectivity index (χ1v) is 6.69. The molecule has 3 heteroatoms. The van der Waals surface area contributed by atoms with Crippen LogP contribution in [0.3, 0.4) is 0 Å². The molecule has 2 atom stereocenters. The van der Waals surface area contributed by atoms with Crippen LogP contribution in [0.1, 0.15) is 51.9 Å². The predicted octanol–water partition coefficient (Wildman–Crippen LogP) is 2.25. The average Bonchev–Trinajstić information content (AvgIpc) is 2.83. The maximum atomic E-state index is 12.0. The second kappa shape index (κ2) is 5.67. The minimum Gasteiger partial charge on any atom is -0.376 e. The number of carbonyl (C=O) groups excluding carboxylic acids is 1. The first-order valence-electron chi connectivity index (χ1n) is 6.69. The van der Waals surface area contributed by atoms with Crippen LogP contribution in [-0.2, 0) is 9.53 Å². The lowest BCUT2D eigenvalue weighted by atomic mass is 9.88. The van der Waals surface area contributed by atoms with Gasteiger partial charge < -0.3 is 10.1 Å². The van der Waals surface area contributed by atoms with Crippen LogP contribution in [0.4, 0.5) is 0 Å². The molecule has 0 aromatic rings. The van der Waals surface area contributed by atoms with E-state index in [9.17, 15) is 4.79 Å². The van der Waals surface area contributed by atoms with Gasteiger partial charge in [0.1, 0.15) is 0 Å². The molecule has 92 valence electrons. The van der Waals surface area contributed by atoms with E-state index in [-0.39, 0.29) is 24.0 Å². The highest BCUT2D eigenvalue weighted by molar-refractivity contribution is 5.79. The molecule has 0 unspecified atom stereocenters. The van der Waals surface area contributed by atoms with Crippen LogP contribution in [0, 0.1) is 5.92 Å². The van der Waals surface area contributed by atoms with Crippen LogP contribution in [0.5, 0.6) is 0 Å². The fourth-order valence-corrected chi connectivity index (χ4v) is 2.80. The first-order chi connectivity index (χ1) is 7.77. The molecular weight excluding hydrogens is 202 g/mol. The van der Waals surface area contributed by atoms with Crippen molar-refractivity contribution in [2.24, 2.45) is 5.92 Å². The van der Waals surface area contributed by atoms with Crippen LogP contribution in [0.15, 0.2) is 0 Å². The zero-order chi connectivity index (χ0) is 11.4. The van der Waals surface area contributed by atoms with E-state index in [0.717, 1.165) is 32.3 Å². The van der Waals surface area contributed by atoms with Crippen LogP contribution in [-0.4, -0.2) is 24.7 Å². The highest BCUT2D eigenvalue weighted by Crippen LogP contribution is 2.24. The summed E-state index contributed by atoms with van der Waals surface area (Å²) in [6, 6.07) is 0.178. The van der Waals surface area contributed by atoms with E-state index < -0.39 is 0 Å². The summed E-state index contributed by atoms with van der Waals surface area (Å²) in [6.45, 7) is 2.92. The average molecular weight is 225 g/mol. The molecule has 1 aliphatic carbocycles. The minimum atomic E-state index is 0.178. The molecule has 0 aromatic carbocycles. The number of nitrogens with one attached hydrogen (secondary N) is 1. The molecule has 3 nitrogen and oxygen atoms in total. The van der Waals surface area contributed by atoms with Crippen molar-refractivity contribution in [2.75, 3.05) is 6.61 Å². The Bertz CT molecular complexity index is 230. The van der Waals surface area contributed by atoms with Crippen LogP contribution < -0.4 is 5.32 Å². The van der Waals surface area contributed by atoms with Gasteiger partial charge in [0, 0.05) is 12.5 Å². The molecule has 0 aromatic heterocycles. The Hall–Kier alpha value is -0.570. The van der Waals surface area contributed by atoms with Gasteiger partial charge in [-0.15, -0.1) is 0 Å². The summed E-state index contributed by atoms with van der Waals surface area (Å²) in [5.41, 5.74) is 0. The van der Waals surface area contributed by atoms with Crippen molar-refractivity contribution < 1.29 is 9.53 Å². The van der Waals surface area contributed by atoms with Gasteiger partial charge in [0.25, 0.3) is 0 Å². The second-order valence-corrected chi connectivity index (χ2v) is 5.18. The van der Waals surface area contributed by atoms with Gasteiger partial charge in [-0.25, -0.2) is 0 Å². The largest absolute Gasteiger partial charge is 0.376 e. The van der Waals surface area contributed by atoms with Crippen LogP contribution in [0.25, 0.3) is 0 Å². The summed E-state index contributed by atoms with van der Waals surface area (Å²) in [4.78, 5) is 12.0. The summed E-state index contributed by atoms with van der Waals surface area (Å²) >= 11 is 0. The van der Waals surface area contributed by atoms with E-state index in [2.05, 4.69) is 12.2 Å². The number of amides is 1. The molecule has 1 N–H and O–H groups in total. The fourth-order valence-electron chi connectivity index (χ4n) is 2.80. The van der Waals surface area contributed by atoms with E-state index in [1.807, 2.05) is 0 Å². The van der Waals surface area contributed by atoms with Crippen LogP contribution >= 0.6 is 0 Å². The Morgan fingerprint density at radius 3 is 2.56 bits per heavy atom. The lowest BCUT2D eigenvalue weighted by Crippen LogP contribution is -2.44. The zero-order valence-electron chi connectivity index (χ0n) is 10.2. The molecule has 1 saturated heterocycles. The van der Waals surface area contributed by atoms with Crippen molar-refractivity contribution in [1.82, 2.24) is 5.32 Å². The SMILES string of the molecule is C[C@H](NC(=O)C1CCCCC1)[C@@H]1CCCO1. The first kappa shape index (κ1) is 11.9. The Morgan fingerprint density at radius 2 is 1.94 bits per heavy atom. The number of ether oxygens (including phenoxy) is 1. The minimum absolute atomic E-state index is 0.178. The van der Waals surface area contributed by atoms with Crippen molar-refractivity contribution in [2.45, 2.75) is 64.0 Å². The van der Waals surface area contributed by atoms with Gasteiger partial charge in [-0.2, -0.15) is 0 Å². The molecular formula is C13H23NO2. The molecule has 1 amide bonds. The molecule has 0 bridgehead atoms. The van der Waals surface area contributed by atoms with E-state index in [0.29, 0.717) is 0 Å². The summed E-state index contributed by atoms with van der Waals surface area (Å²) in [5, 5.41) is 3.13. The van der Waals surface area contributed by atoms with Crippen molar-refractivity contribution in [3.63, 3.8) is 0 Å². The Kier molecular flexibility index (Phi) is 4.22.